The number of aromatic amines is 1. The summed E-state index contributed by atoms with van der Waals surface area (Å²) in [6, 6.07) is 11.0. The third-order valence-electron chi connectivity index (χ3n) is 6.40. The maximum atomic E-state index is 13.8. The Morgan fingerprint density at radius 2 is 1.79 bits per heavy atom. The Morgan fingerprint density at radius 1 is 1.06 bits per heavy atom. The molecule has 2 aromatic heterocycles. The lowest BCUT2D eigenvalue weighted by molar-refractivity contribution is -0.126. The number of rotatable bonds is 4. The van der Waals surface area contributed by atoms with Gasteiger partial charge in [-0.05, 0) is 55.0 Å². The number of aromatic nitrogens is 3. The Bertz CT molecular complexity index is 1410. The first-order valence-corrected chi connectivity index (χ1v) is 12.2. The molecule has 3 heterocycles. The van der Waals surface area contributed by atoms with Crippen LogP contribution in [0.3, 0.4) is 0 Å². The number of para-hydroxylation sites is 1. The first-order valence-electron chi connectivity index (χ1n) is 12.2. The zero-order valence-electron chi connectivity index (χ0n) is 20.9. The van der Waals surface area contributed by atoms with Crippen molar-refractivity contribution >= 4 is 27.7 Å². The fraction of sp³-hybridized carbons (Fsp3) is 0.393. The van der Waals surface area contributed by atoms with Gasteiger partial charge in [-0.25, -0.2) is 4.98 Å². The summed E-state index contributed by atoms with van der Waals surface area (Å²) in [5, 5.41) is 4.81. The Kier molecular flexibility index (Phi) is 6.60. The number of benzene rings is 2. The van der Waals surface area contributed by atoms with Gasteiger partial charge in [-0.15, -0.1) is 0 Å². The number of fused-ring (bicyclic) bond motifs is 3. The van der Waals surface area contributed by atoms with Crippen molar-refractivity contribution in [1.29, 1.82) is 0 Å². The molecule has 0 radical (unpaired) electrons. The number of nitrogens with one attached hydrogen (secondary N) is 2. The van der Waals surface area contributed by atoms with E-state index in [0.717, 1.165) is 39.5 Å². The van der Waals surface area contributed by atoms with E-state index in [2.05, 4.69) is 24.1 Å². The Morgan fingerprint density at radius 3 is 2.53 bits per heavy atom. The Labute approximate surface area is 200 Å². The average molecular weight is 459 g/mol. The molecule has 2 aromatic carbocycles. The molecule has 1 aliphatic rings. The molecule has 34 heavy (non-hydrogen) atoms. The number of carbonyl (C=O) groups excluding carboxylic acids is 1. The summed E-state index contributed by atoms with van der Waals surface area (Å²) >= 11 is 0. The molecule has 1 unspecified atom stereocenters. The number of amides is 1. The minimum Gasteiger partial charge on any atom is -0.361 e. The second-order valence-electron chi connectivity index (χ2n) is 9.39. The smallest absolute Gasteiger partial charge is 0.262 e. The standard InChI is InChI=1S/C26H28N4O2.C2H6/c1-14(2)9-21-24-29-23-16(4)10-15(3)11-19(23)26(32)30(24)22(25(31)28-21)12-17-13-27-20-8-6-5-7-18(17)20;1-2/h5-8,10-11,13-14,21-22,27H,9,12H2,1-4H3,(H,28,31);1-2H3/t21-,22?;/m0./s1. The lowest BCUT2D eigenvalue weighted by Crippen LogP contribution is -2.48. The predicted molar refractivity (Wildman–Crippen MR) is 138 cm³/mol. The summed E-state index contributed by atoms with van der Waals surface area (Å²) in [6.45, 7) is 12.2. The van der Waals surface area contributed by atoms with E-state index in [1.807, 2.05) is 70.3 Å². The zero-order chi connectivity index (χ0) is 24.6. The largest absolute Gasteiger partial charge is 0.361 e. The minimum atomic E-state index is -0.641. The van der Waals surface area contributed by atoms with Gasteiger partial charge in [0.15, 0.2) is 0 Å². The van der Waals surface area contributed by atoms with E-state index in [9.17, 15) is 9.59 Å². The van der Waals surface area contributed by atoms with Crippen LogP contribution in [0.5, 0.6) is 0 Å². The van der Waals surface area contributed by atoms with Crippen LogP contribution in [0, 0.1) is 19.8 Å². The second kappa shape index (κ2) is 9.45. The van der Waals surface area contributed by atoms with E-state index in [1.165, 1.54) is 0 Å². The van der Waals surface area contributed by atoms with Gasteiger partial charge in [0.25, 0.3) is 5.56 Å². The van der Waals surface area contributed by atoms with Crippen molar-refractivity contribution in [3.8, 4) is 0 Å². The predicted octanol–water partition coefficient (Wildman–Crippen LogP) is 5.52. The third kappa shape index (κ3) is 4.13. The van der Waals surface area contributed by atoms with E-state index in [0.29, 0.717) is 23.5 Å². The van der Waals surface area contributed by atoms with E-state index in [-0.39, 0.29) is 17.5 Å². The summed E-state index contributed by atoms with van der Waals surface area (Å²) in [4.78, 5) is 35.4. The second-order valence-corrected chi connectivity index (χ2v) is 9.39. The fourth-order valence-corrected chi connectivity index (χ4v) is 5.00. The molecule has 6 nitrogen and oxygen atoms in total. The minimum absolute atomic E-state index is 0.124. The molecule has 0 aliphatic carbocycles. The lowest BCUT2D eigenvalue weighted by atomic mass is 9.96. The van der Waals surface area contributed by atoms with E-state index >= 15 is 0 Å². The molecular formula is C28H34N4O2. The first-order chi connectivity index (χ1) is 16.3. The highest BCUT2D eigenvalue weighted by Gasteiger charge is 2.36. The van der Waals surface area contributed by atoms with E-state index < -0.39 is 6.04 Å². The van der Waals surface area contributed by atoms with Gasteiger partial charge in [0.2, 0.25) is 5.91 Å². The highest BCUT2D eigenvalue weighted by molar-refractivity contribution is 5.87. The maximum Gasteiger partial charge on any atom is 0.262 e. The molecular weight excluding hydrogens is 424 g/mol. The van der Waals surface area contributed by atoms with Crippen LogP contribution in [0.4, 0.5) is 0 Å². The summed E-state index contributed by atoms with van der Waals surface area (Å²) in [6.07, 6.45) is 3.09. The normalized spacial score (nSPS) is 17.4. The van der Waals surface area contributed by atoms with E-state index in [1.54, 1.807) is 4.57 Å². The number of nitrogens with zero attached hydrogens (tertiary/aromatic N) is 2. The number of H-pyrrole nitrogens is 1. The first kappa shape index (κ1) is 23.7. The van der Waals surface area contributed by atoms with Crippen LogP contribution in [-0.4, -0.2) is 20.4 Å². The molecule has 0 saturated carbocycles. The van der Waals surface area contributed by atoms with Crippen LogP contribution in [0.15, 0.2) is 47.4 Å². The maximum absolute atomic E-state index is 13.8. The summed E-state index contributed by atoms with van der Waals surface area (Å²) in [5.74, 6) is 0.888. The lowest BCUT2D eigenvalue weighted by Gasteiger charge is -2.33. The van der Waals surface area contributed by atoms with Crippen molar-refractivity contribution in [2.24, 2.45) is 5.92 Å². The Balaban J connectivity index is 0.00000133. The molecule has 0 spiro atoms. The number of carbonyl (C=O) groups is 1. The monoisotopic (exact) mass is 458 g/mol. The topological polar surface area (TPSA) is 79.8 Å². The van der Waals surface area contributed by atoms with Gasteiger partial charge in [-0.3, -0.25) is 14.2 Å². The molecule has 0 saturated heterocycles. The highest BCUT2D eigenvalue weighted by atomic mass is 16.2. The van der Waals surface area contributed by atoms with Crippen molar-refractivity contribution in [1.82, 2.24) is 19.9 Å². The zero-order valence-corrected chi connectivity index (χ0v) is 20.9. The molecule has 0 bridgehead atoms. The van der Waals surface area contributed by atoms with Crippen LogP contribution in [0.2, 0.25) is 0 Å². The van der Waals surface area contributed by atoms with Gasteiger partial charge in [-0.1, -0.05) is 52.0 Å². The van der Waals surface area contributed by atoms with Crippen LogP contribution in [-0.2, 0) is 11.2 Å². The third-order valence-corrected chi connectivity index (χ3v) is 6.40. The van der Waals surface area contributed by atoms with Crippen molar-refractivity contribution in [3.05, 3.63) is 75.5 Å². The molecule has 2 N–H and O–H groups in total. The van der Waals surface area contributed by atoms with Gasteiger partial charge < -0.3 is 10.3 Å². The molecule has 2 atom stereocenters. The molecule has 1 aliphatic heterocycles. The number of hydrogen-bond acceptors (Lipinski definition) is 3. The Hall–Kier alpha value is -3.41. The molecule has 0 fully saturated rings. The van der Waals surface area contributed by atoms with E-state index in [4.69, 9.17) is 4.98 Å². The van der Waals surface area contributed by atoms with Gasteiger partial charge in [0.1, 0.15) is 11.9 Å². The van der Waals surface area contributed by atoms with Crippen molar-refractivity contribution in [2.45, 2.75) is 66.5 Å². The molecule has 178 valence electrons. The highest BCUT2D eigenvalue weighted by Crippen LogP contribution is 2.31. The van der Waals surface area contributed by atoms with Gasteiger partial charge in [0, 0.05) is 23.5 Å². The van der Waals surface area contributed by atoms with Crippen molar-refractivity contribution < 1.29 is 4.79 Å². The van der Waals surface area contributed by atoms with Crippen LogP contribution >= 0.6 is 0 Å². The SMILES string of the molecule is CC.Cc1cc(C)c2nc3n(c(=O)c2c1)C(Cc1c[nH]c2ccccc12)C(=O)N[C@H]3CC(C)C. The molecule has 5 rings (SSSR count). The molecule has 1 amide bonds. The van der Waals surface area contributed by atoms with Gasteiger partial charge in [0.05, 0.1) is 16.9 Å². The summed E-state index contributed by atoms with van der Waals surface area (Å²) < 4.78 is 1.66. The van der Waals surface area contributed by atoms with Crippen LogP contribution in [0.25, 0.3) is 21.8 Å². The van der Waals surface area contributed by atoms with Crippen molar-refractivity contribution in [2.75, 3.05) is 0 Å². The molecule has 6 heteroatoms. The fourth-order valence-electron chi connectivity index (χ4n) is 5.00. The average Bonchev–Trinajstić information content (AvgIpc) is 3.21. The quantitative estimate of drug-likeness (QED) is 0.422. The summed E-state index contributed by atoms with van der Waals surface area (Å²) in [7, 11) is 0. The van der Waals surface area contributed by atoms with Crippen LogP contribution < -0.4 is 10.9 Å². The number of hydrogen-bond donors (Lipinski definition) is 2. The number of aryl methyl sites for hydroxylation is 2. The van der Waals surface area contributed by atoms with Gasteiger partial charge in [-0.2, -0.15) is 0 Å². The molecule has 4 aromatic rings. The van der Waals surface area contributed by atoms with Crippen LogP contribution in [0.1, 0.15) is 68.7 Å². The summed E-state index contributed by atoms with van der Waals surface area (Å²) in [5.41, 5.74) is 4.62. The van der Waals surface area contributed by atoms with Gasteiger partial charge >= 0.3 is 0 Å². The van der Waals surface area contributed by atoms with Crippen molar-refractivity contribution in [3.63, 3.8) is 0 Å².